The molecule has 0 bridgehead atoms. The molecule has 1 heterocycles. The predicted octanol–water partition coefficient (Wildman–Crippen LogP) is 4.48. The highest BCUT2D eigenvalue weighted by atomic mass is 16.2. The van der Waals surface area contributed by atoms with Crippen molar-refractivity contribution in [2.45, 2.75) is 52.1 Å². The molecule has 164 valence electrons. The van der Waals surface area contributed by atoms with Crippen molar-refractivity contribution in [3.8, 4) is 0 Å². The first kappa shape index (κ1) is 22.3. The van der Waals surface area contributed by atoms with E-state index in [4.69, 9.17) is 0 Å². The molecule has 2 aromatic rings. The molecule has 1 fully saturated rings. The topological polar surface area (TPSA) is 81.8 Å². The average Bonchev–Trinajstić information content (AvgIpc) is 2.88. The van der Waals surface area contributed by atoms with Crippen LogP contribution in [0.25, 0.3) is 0 Å². The van der Waals surface area contributed by atoms with Crippen molar-refractivity contribution in [3.63, 3.8) is 0 Å². The number of rotatable bonds is 4. The second-order valence-electron chi connectivity index (χ2n) is 9.48. The van der Waals surface area contributed by atoms with Crippen LogP contribution < -0.4 is 15.5 Å². The van der Waals surface area contributed by atoms with E-state index >= 15 is 0 Å². The van der Waals surface area contributed by atoms with Crippen LogP contribution in [0.1, 0.15) is 45.7 Å². The summed E-state index contributed by atoms with van der Waals surface area (Å²) in [5.74, 6) is -0.336. The van der Waals surface area contributed by atoms with Gasteiger partial charge in [0.15, 0.2) is 0 Å². The molecule has 0 saturated carbocycles. The van der Waals surface area contributed by atoms with E-state index in [9.17, 15) is 14.4 Å². The minimum absolute atomic E-state index is 0.0790. The van der Waals surface area contributed by atoms with Gasteiger partial charge in [0.05, 0.1) is 5.69 Å². The molecule has 0 aromatic heterocycles. The molecule has 7 heteroatoms. The Labute approximate surface area is 183 Å². The zero-order valence-corrected chi connectivity index (χ0v) is 18.9. The molecule has 3 rings (SSSR count). The Hall–Kier alpha value is -3.35. The molecule has 2 aromatic carbocycles. The van der Waals surface area contributed by atoms with Crippen molar-refractivity contribution in [2.24, 2.45) is 0 Å². The summed E-state index contributed by atoms with van der Waals surface area (Å²) in [4.78, 5) is 40.1. The van der Waals surface area contributed by atoms with Crippen LogP contribution in [0.4, 0.5) is 21.0 Å². The van der Waals surface area contributed by atoms with Crippen LogP contribution in [0.2, 0.25) is 0 Å². The van der Waals surface area contributed by atoms with Crippen molar-refractivity contribution in [3.05, 3.63) is 59.7 Å². The maximum atomic E-state index is 12.7. The van der Waals surface area contributed by atoms with Gasteiger partial charge in [0.1, 0.15) is 5.54 Å². The van der Waals surface area contributed by atoms with E-state index in [-0.39, 0.29) is 17.4 Å². The standard InChI is InChI=1S/C24H30N4O3/c1-23(2,3)17-12-10-16(11-13-17)15-27(6)21(30)25-18-8-7-9-19(14-18)28-20(29)24(4,5)26-22(28)31/h7-14H,15H2,1-6H3,(H,25,30)(H,26,31). The van der Waals surface area contributed by atoms with Gasteiger partial charge in [-0.3, -0.25) is 4.79 Å². The number of hydrogen-bond donors (Lipinski definition) is 2. The maximum absolute atomic E-state index is 12.7. The first-order valence-electron chi connectivity index (χ1n) is 10.3. The molecular formula is C24H30N4O3. The van der Waals surface area contributed by atoms with Gasteiger partial charge in [-0.1, -0.05) is 51.1 Å². The number of hydrogen-bond acceptors (Lipinski definition) is 3. The number of carbonyl (C=O) groups is 3. The summed E-state index contributed by atoms with van der Waals surface area (Å²) in [5.41, 5.74) is 2.30. The van der Waals surface area contributed by atoms with Gasteiger partial charge in [0.2, 0.25) is 0 Å². The Morgan fingerprint density at radius 3 is 2.29 bits per heavy atom. The lowest BCUT2D eigenvalue weighted by molar-refractivity contribution is -0.121. The lowest BCUT2D eigenvalue weighted by Gasteiger charge is -2.21. The molecule has 31 heavy (non-hydrogen) atoms. The quantitative estimate of drug-likeness (QED) is 0.713. The van der Waals surface area contributed by atoms with Gasteiger partial charge in [0.25, 0.3) is 5.91 Å². The van der Waals surface area contributed by atoms with Crippen molar-refractivity contribution in [2.75, 3.05) is 17.3 Å². The van der Waals surface area contributed by atoms with Gasteiger partial charge >= 0.3 is 12.1 Å². The van der Waals surface area contributed by atoms with Crippen molar-refractivity contribution in [1.29, 1.82) is 0 Å². The Morgan fingerprint density at radius 1 is 1.10 bits per heavy atom. The summed E-state index contributed by atoms with van der Waals surface area (Å²) in [6.07, 6.45) is 0. The zero-order chi connectivity index (χ0) is 23.0. The second kappa shape index (κ2) is 8.06. The third-order valence-electron chi connectivity index (χ3n) is 5.30. The van der Waals surface area contributed by atoms with Gasteiger partial charge in [-0.05, 0) is 48.6 Å². The monoisotopic (exact) mass is 422 g/mol. The van der Waals surface area contributed by atoms with Gasteiger partial charge in [-0.2, -0.15) is 0 Å². The first-order valence-corrected chi connectivity index (χ1v) is 10.3. The summed E-state index contributed by atoms with van der Waals surface area (Å²) in [7, 11) is 1.72. The van der Waals surface area contributed by atoms with E-state index in [1.807, 2.05) is 12.1 Å². The minimum atomic E-state index is -0.959. The molecular weight excluding hydrogens is 392 g/mol. The molecule has 0 aliphatic carbocycles. The minimum Gasteiger partial charge on any atom is -0.323 e. The van der Waals surface area contributed by atoms with Crippen LogP contribution in [-0.4, -0.2) is 35.5 Å². The Balaban J connectivity index is 1.67. The highest BCUT2D eigenvalue weighted by Crippen LogP contribution is 2.27. The van der Waals surface area contributed by atoms with E-state index in [0.717, 1.165) is 10.5 Å². The van der Waals surface area contributed by atoms with Crippen molar-refractivity contribution < 1.29 is 14.4 Å². The summed E-state index contributed by atoms with van der Waals surface area (Å²) >= 11 is 0. The van der Waals surface area contributed by atoms with E-state index < -0.39 is 11.6 Å². The number of amides is 5. The Morgan fingerprint density at radius 2 is 1.74 bits per heavy atom. The van der Waals surface area contributed by atoms with E-state index in [2.05, 4.69) is 43.5 Å². The number of imide groups is 1. The fourth-order valence-electron chi connectivity index (χ4n) is 3.38. The number of nitrogens with zero attached hydrogens (tertiary/aromatic N) is 2. The summed E-state index contributed by atoms with van der Waals surface area (Å²) in [5, 5.41) is 5.48. The highest BCUT2D eigenvalue weighted by Gasteiger charge is 2.45. The SMILES string of the molecule is CN(Cc1ccc(C(C)(C)C)cc1)C(=O)Nc1cccc(N2C(=O)NC(C)(C)C2=O)c1. The smallest absolute Gasteiger partial charge is 0.323 e. The average molecular weight is 423 g/mol. The number of urea groups is 2. The fourth-order valence-corrected chi connectivity index (χ4v) is 3.38. The summed E-state index contributed by atoms with van der Waals surface area (Å²) in [6.45, 7) is 10.3. The van der Waals surface area contributed by atoms with Crippen LogP contribution in [0.3, 0.4) is 0 Å². The lowest BCUT2D eigenvalue weighted by atomic mass is 9.87. The molecule has 7 nitrogen and oxygen atoms in total. The van der Waals surface area contributed by atoms with Gasteiger partial charge in [-0.15, -0.1) is 0 Å². The van der Waals surface area contributed by atoms with Crippen LogP contribution in [0.15, 0.2) is 48.5 Å². The molecule has 2 N–H and O–H groups in total. The fraction of sp³-hybridized carbons (Fsp3) is 0.375. The Kier molecular flexibility index (Phi) is 5.81. The molecule has 0 spiro atoms. The van der Waals surface area contributed by atoms with Gasteiger partial charge in [0, 0.05) is 19.3 Å². The van der Waals surface area contributed by atoms with Gasteiger partial charge < -0.3 is 15.5 Å². The third-order valence-corrected chi connectivity index (χ3v) is 5.30. The second-order valence-corrected chi connectivity index (χ2v) is 9.48. The van der Waals surface area contributed by atoms with Crippen molar-refractivity contribution >= 4 is 29.3 Å². The van der Waals surface area contributed by atoms with Gasteiger partial charge in [-0.25, -0.2) is 14.5 Å². The summed E-state index contributed by atoms with van der Waals surface area (Å²) < 4.78 is 0. The molecule has 1 aliphatic rings. The van der Waals surface area contributed by atoms with Crippen LogP contribution in [-0.2, 0) is 16.8 Å². The maximum Gasteiger partial charge on any atom is 0.329 e. The molecule has 0 radical (unpaired) electrons. The molecule has 5 amide bonds. The van der Waals surface area contributed by atoms with E-state index in [1.165, 1.54) is 5.56 Å². The predicted molar refractivity (Wildman–Crippen MR) is 122 cm³/mol. The van der Waals surface area contributed by atoms with E-state index in [0.29, 0.717) is 17.9 Å². The largest absolute Gasteiger partial charge is 0.329 e. The van der Waals surface area contributed by atoms with Crippen LogP contribution in [0.5, 0.6) is 0 Å². The number of carbonyl (C=O) groups excluding carboxylic acids is 3. The van der Waals surface area contributed by atoms with Crippen molar-refractivity contribution in [1.82, 2.24) is 10.2 Å². The number of anilines is 2. The molecule has 0 atom stereocenters. The van der Waals surface area contributed by atoms with Crippen LogP contribution in [0, 0.1) is 0 Å². The Bertz CT molecular complexity index is 1010. The number of nitrogens with one attached hydrogen (secondary N) is 2. The lowest BCUT2D eigenvalue weighted by Crippen LogP contribution is -2.40. The number of benzene rings is 2. The van der Waals surface area contributed by atoms with Crippen LogP contribution >= 0.6 is 0 Å². The molecule has 1 saturated heterocycles. The molecule has 0 unspecified atom stereocenters. The molecule has 1 aliphatic heterocycles. The highest BCUT2D eigenvalue weighted by molar-refractivity contribution is 6.23. The first-order chi connectivity index (χ1) is 14.4. The third kappa shape index (κ3) is 4.87. The normalized spacial score (nSPS) is 15.6. The van der Waals surface area contributed by atoms with E-state index in [1.54, 1.807) is 50.1 Å². The zero-order valence-electron chi connectivity index (χ0n) is 18.9. The summed E-state index contributed by atoms with van der Waals surface area (Å²) in [6, 6.07) is 14.2.